The molecule has 0 aliphatic carbocycles. The number of hydrogen-bond donors (Lipinski definition) is 1. The van der Waals surface area contributed by atoms with Crippen molar-refractivity contribution < 1.29 is 9.84 Å². The first-order valence-electron chi connectivity index (χ1n) is 8.20. The van der Waals surface area contributed by atoms with Crippen LogP contribution in [0.5, 0.6) is 5.75 Å². The third kappa shape index (κ3) is 3.60. The molecular formula is C19H22N2O3S. The van der Waals surface area contributed by atoms with Crippen LogP contribution >= 0.6 is 11.3 Å². The fourth-order valence-corrected chi connectivity index (χ4v) is 3.72. The first kappa shape index (κ1) is 17.6. The van der Waals surface area contributed by atoms with Crippen LogP contribution in [0.4, 0.5) is 0 Å². The third-order valence-corrected chi connectivity index (χ3v) is 5.45. The van der Waals surface area contributed by atoms with Crippen molar-refractivity contribution in [3.8, 4) is 5.75 Å². The summed E-state index contributed by atoms with van der Waals surface area (Å²) in [4.78, 5) is 18.8. The van der Waals surface area contributed by atoms with Crippen molar-refractivity contribution in [3.05, 3.63) is 56.4 Å². The van der Waals surface area contributed by atoms with Crippen LogP contribution in [0.3, 0.4) is 0 Å². The highest BCUT2D eigenvalue weighted by molar-refractivity contribution is 7.18. The predicted octanol–water partition coefficient (Wildman–Crippen LogP) is 3.13. The van der Waals surface area contributed by atoms with Crippen LogP contribution in [-0.4, -0.2) is 27.4 Å². The average molecular weight is 358 g/mol. The molecule has 3 aromatic rings. The number of fused-ring (bicyclic) bond motifs is 1. The van der Waals surface area contributed by atoms with Crippen LogP contribution in [0.25, 0.3) is 10.2 Å². The Morgan fingerprint density at radius 2 is 2.04 bits per heavy atom. The Hall–Kier alpha value is -2.18. The normalized spacial score (nSPS) is 12.5. The lowest BCUT2D eigenvalue weighted by molar-refractivity contribution is 0.0911. The number of aromatic nitrogens is 2. The van der Waals surface area contributed by atoms with Gasteiger partial charge in [0.1, 0.15) is 23.3 Å². The van der Waals surface area contributed by atoms with Crippen molar-refractivity contribution in [2.75, 3.05) is 6.61 Å². The first-order valence-corrected chi connectivity index (χ1v) is 9.01. The summed E-state index contributed by atoms with van der Waals surface area (Å²) in [5.74, 6) is 0.754. The van der Waals surface area contributed by atoms with E-state index >= 15 is 0 Å². The second-order valence-electron chi connectivity index (χ2n) is 6.40. The van der Waals surface area contributed by atoms with Gasteiger partial charge in [-0.1, -0.05) is 12.1 Å². The molecule has 0 aliphatic heterocycles. The van der Waals surface area contributed by atoms with E-state index in [4.69, 9.17) is 4.74 Å². The molecule has 0 saturated carbocycles. The maximum Gasteiger partial charge on any atom is 0.262 e. The zero-order valence-corrected chi connectivity index (χ0v) is 15.7. The smallest absolute Gasteiger partial charge is 0.262 e. The van der Waals surface area contributed by atoms with Gasteiger partial charge < -0.3 is 9.84 Å². The summed E-state index contributed by atoms with van der Waals surface area (Å²) in [7, 11) is 0. The molecule has 132 valence electrons. The molecule has 0 radical (unpaired) electrons. The van der Waals surface area contributed by atoms with E-state index in [0.717, 1.165) is 32.1 Å². The number of aliphatic hydroxyl groups is 1. The zero-order chi connectivity index (χ0) is 18.1. The molecule has 2 heterocycles. The molecule has 5 nitrogen and oxygen atoms in total. The number of rotatable bonds is 5. The standard InChI is InChI=1S/C19H22N2O3S/c1-11-5-6-12(2)16(7-11)24-9-15(22)8-21-10-20-18-17(19(21)23)13(3)14(4)25-18/h5-7,10,15,22H,8-9H2,1-4H3. The maximum atomic E-state index is 12.6. The van der Waals surface area contributed by atoms with E-state index in [2.05, 4.69) is 4.98 Å². The SMILES string of the molecule is Cc1ccc(C)c(OCC(O)Cn2cnc3sc(C)c(C)c3c2=O)c1. The average Bonchev–Trinajstić information content (AvgIpc) is 2.86. The van der Waals surface area contributed by atoms with Crippen LogP contribution in [0.1, 0.15) is 21.6 Å². The van der Waals surface area contributed by atoms with Gasteiger partial charge in [0, 0.05) is 4.88 Å². The number of benzene rings is 1. The molecule has 0 bridgehead atoms. The predicted molar refractivity (Wildman–Crippen MR) is 101 cm³/mol. The van der Waals surface area contributed by atoms with E-state index in [-0.39, 0.29) is 18.7 Å². The number of hydrogen-bond acceptors (Lipinski definition) is 5. The van der Waals surface area contributed by atoms with Gasteiger partial charge in [0.05, 0.1) is 18.3 Å². The third-order valence-electron chi connectivity index (χ3n) is 4.34. The topological polar surface area (TPSA) is 64.3 Å². The Morgan fingerprint density at radius 3 is 2.80 bits per heavy atom. The molecule has 0 spiro atoms. The van der Waals surface area contributed by atoms with E-state index in [1.807, 2.05) is 45.9 Å². The van der Waals surface area contributed by atoms with Crippen LogP contribution in [-0.2, 0) is 6.54 Å². The lowest BCUT2D eigenvalue weighted by Gasteiger charge is -2.15. The van der Waals surface area contributed by atoms with Crippen molar-refractivity contribution in [2.45, 2.75) is 40.3 Å². The van der Waals surface area contributed by atoms with Crippen molar-refractivity contribution in [3.63, 3.8) is 0 Å². The fourth-order valence-electron chi connectivity index (χ4n) is 2.73. The van der Waals surface area contributed by atoms with E-state index in [9.17, 15) is 9.90 Å². The van der Waals surface area contributed by atoms with Gasteiger partial charge in [0.15, 0.2) is 0 Å². The molecule has 2 aromatic heterocycles. The molecule has 1 atom stereocenters. The summed E-state index contributed by atoms with van der Waals surface area (Å²) < 4.78 is 7.18. The Kier molecular flexibility index (Phi) is 4.92. The largest absolute Gasteiger partial charge is 0.491 e. The summed E-state index contributed by atoms with van der Waals surface area (Å²) >= 11 is 1.52. The molecule has 1 N–H and O–H groups in total. The van der Waals surface area contributed by atoms with Crippen molar-refractivity contribution in [1.82, 2.24) is 9.55 Å². The molecule has 1 aromatic carbocycles. The lowest BCUT2D eigenvalue weighted by Crippen LogP contribution is -2.30. The minimum absolute atomic E-state index is 0.113. The van der Waals surface area contributed by atoms with Gasteiger partial charge in [-0.2, -0.15) is 0 Å². The highest BCUT2D eigenvalue weighted by atomic mass is 32.1. The van der Waals surface area contributed by atoms with Crippen molar-refractivity contribution in [2.24, 2.45) is 0 Å². The molecule has 6 heteroatoms. The molecule has 0 aliphatic rings. The molecule has 0 fully saturated rings. The number of ether oxygens (including phenoxy) is 1. The van der Waals surface area contributed by atoms with E-state index < -0.39 is 6.10 Å². The van der Waals surface area contributed by atoms with Crippen LogP contribution < -0.4 is 10.3 Å². The Bertz CT molecular complexity index is 975. The quantitative estimate of drug-likeness (QED) is 0.761. The highest BCUT2D eigenvalue weighted by Gasteiger charge is 2.14. The molecular weight excluding hydrogens is 336 g/mol. The Morgan fingerprint density at radius 1 is 1.28 bits per heavy atom. The van der Waals surface area contributed by atoms with E-state index in [1.165, 1.54) is 22.2 Å². The second kappa shape index (κ2) is 6.98. The molecule has 25 heavy (non-hydrogen) atoms. The van der Waals surface area contributed by atoms with Crippen LogP contribution in [0, 0.1) is 27.7 Å². The van der Waals surface area contributed by atoms with Gasteiger partial charge in [0.2, 0.25) is 0 Å². The Labute approximate surface area is 150 Å². The maximum absolute atomic E-state index is 12.6. The summed E-state index contributed by atoms with van der Waals surface area (Å²) in [5, 5.41) is 10.9. The number of aryl methyl sites for hydroxylation is 4. The number of aliphatic hydroxyl groups excluding tert-OH is 1. The first-order chi connectivity index (χ1) is 11.9. The molecule has 3 rings (SSSR count). The van der Waals surface area contributed by atoms with Crippen molar-refractivity contribution >= 4 is 21.6 Å². The number of nitrogens with zero attached hydrogens (tertiary/aromatic N) is 2. The molecule has 1 unspecified atom stereocenters. The van der Waals surface area contributed by atoms with Crippen LogP contribution in [0.2, 0.25) is 0 Å². The van der Waals surface area contributed by atoms with Gasteiger partial charge in [-0.3, -0.25) is 9.36 Å². The summed E-state index contributed by atoms with van der Waals surface area (Å²) in [6, 6.07) is 5.95. The Balaban J connectivity index is 1.75. The zero-order valence-electron chi connectivity index (χ0n) is 14.9. The van der Waals surface area contributed by atoms with Crippen molar-refractivity contribution in [1.29, 1.82) is 0 Å². The molecule has 0 saturated heterocycles. The van der Waals surface area contributed by atoms with E-state index in [0.29, 0.717) is 5.39 Å². The van der Waals surface area contributed by atoms with Gasteiger partial charge in [0.25, 0.3) is 5.56 Å². The van der Waals surface area contributed by atoms with Gasteiger partial charge in [-0.25, -0.2) is 4.98 Å². The van der Waals surface area contributed by atoms with Crippen LogP contribution in [0.15, 0.2) is 29.3 Å². The summed E-state index contributed by atoms with van der Waals surface area (Å²) in [5.41, 5.74) is 2.97. The number of thiophene rings is 1. The highest BCUT2D eigenvalue weighted by Crippen LogP contribution is 2.25. The van der Waals surface area contributed by atoms with Gasteiger partial charge in [-0.15, -0.1) is 11.3 Å². The fraction of sp³-hybridized carbons (Fsp3) is 0.368. The lowest BCUT2D eigenvalue weighted by atomic mass is 10.1. The van der Waals surface area contributed by atoms with E-state index in [1.54, 1.807) is 0 Å². The monoisotopic (exact) mass is 358 g/mol. The minimum Gasteiger partial charge on any atom is -0.491 e. The van der Waals surface area contributed by atoms with Gasteiger partial charge >= 0.3 is 0 Å². The molecule has 0 amide bonds. The second-order valence-corrected chi connectivity index (χ2v) is 7.60. The minimum atomic E-state index is -0.795. The summed E-state index contributed by atoms with van der Waals surface area (Å²) in [6.45, 7) is 8.15. The summed E-state index contributed by atoms with van der Waals surface area (Å²) in [6.07, 6.45) is 0.707. The van der Waals surface area contributed by atoms with Gasteiger partial charge in [-0.05, 0) is 50.5 Å².